The molecule has 0 amide bonds. The minimum atomic E-state index is -0.671. The predicted molar refractivity (Wildman–Crippen MR) is 104 cm³/mol. The number of hydrogen-bond donors (Lipinski definition) is 1. The summed E-state index contributed by atoms with van der Waals surface area (Å²) in [6, 6.07) is 8.34. The maximum absolute atomic E-state index is 10.4. The van der Waals surface area contributed by atoms with Gasteiger partial charge in [0.05, 0.1) is 7.11 Å². The van der Waals surface area contributed by atoms with E-state index in [1.807, 2.05) is 12.1 Å². The Kier molecular flexibility index (Phi) is 12.4. The fraction of sp³-hybridized carbons (Fsp3) is 0.591. The van der Waals surface area contributed by atoms with Crippen LogP contribution >= 0.6 is 0 Å². The van der Waals surface area contributed by atoms with Gasteiger partial charge in [-0.3, -0.25) is 4.79 Å². The molecule has 0 aliphatic heterocycles. The number of aliphatic carboxylic acids is 1. The molecule has 0 saturated carbocycles. The van der Waals surface area contributed by atoms with Gasteiger partial charge in [0.15, 0.2) is 0 Å². The van der Waals surface area contributed by atoms with Crippen LogP contribution in [0.25, 0.3) is 0 Å². The summed E-state index contributed by atoms with van der Waals surface area (Å²) in [5.41, 5.74) is 1.37. The van der Waals surface area contributed by atoms with Gasteiger partial charge in [-0.25, -0.2) is 0 Å². The third kappa shape index (κ3) is 12.3. The Labute approximate surface area is 153 Å². The average Bonchev–Trinajstić information content (AvgIpc) is 2.62. The van der Waals surface area contributed by atoms with Crippen molar-refractivity contribution in [3.8, 4) is 5.75 Å². The van der Waals surface area contributed by atoms with Crippen molar-refractivity contribution in [2.75, 3.05) is 7.11 Å². The van der Waals surface area contributed by atoms with Crippen LogP contribution in [0.2, 0.25) is 0 Å². The quantitative estimate of drug-likeness (QED) is 0.305. The first-order chi connectivity index (χ1) is 12.2. The summed E-state index contributed by atoms with van der Waals surface area (Å²) in [6.45, 7) is 0. The zero-order chi connectivity index (χ0) is 18.2. The number of allylic oxidation sites excluding steroid dienone is 2. The lowest BCUT2D eigenvalue weighted by Crippen LogP contribution is -1.93. The molecule has 0 atom stereocenters. The molecule has 0 aliphatic rings. The van der Waals surface area contributed by atoms with Gasteiger partial charge in [0.25, 0.3) is 0 Å². The number of carboxylic acids is 1. The van der Waals surface area contributed by atoms with Crippen molar-refractivity contribution in [2.24, 2.45) is 0 Å². The summed E-state index contributed by atoms with van der Waals surface area (Å²) >= 11 is 0. The van der Waals surface area contributed by atoms with Gasteiger partial charge in [-0.2, -0.15) is 0 Å². The van der Waals surface area contributed by atoms with Crippen molar-refractivity contribution in [3.05, 3.63) is 42.0 Å². The van der Waals surface area contributed by atoms with Crippen molar-refractivity contribution in [3.63, 3.8) is 0 Å². The maximum atomic E-state index is 10.4. The molecule has 0 saturated heterocycles. The van der Waals surface area contributed by atoms with E-state index in [1.165, 1.54) is 50.5 Å². The maximum Gasteiger partial charge on any atom is 0.303 e. The van der Waals surface area contributed by atoms with Gasteiger partial charge >= 0.3 is 5.97 Å². The lowest BCUT2D eigenvalue weighted by atomic mass is 10.1. The molecule has 0 radical (unpaired) electrons. The standard InChI is InChI=1S/C22H34O3/c1-25-21-18-16-20(17-19-21)14-12-10-8-6-4-2-3-5-7-9-11-13-15-22(23)24/h6,8,16-19H,2-5,7,9-15H2,1H3,(H,23,24). The normalized spacial score (nSPS) is 11.1. The number of aryl methyl sites for hydroxylation is 1. The number of benzene rings is 1. The second-order valence-electron chi connectivity index (χ2n) is 6.62. The first-order valence-electron chi connectivity index (χ1n) is 9.72. The van der Waals surface area contributed by atoms with E-state index in [1.54, 1.807) is 7.11 Å². The van der Waals surface area contributed by atoms with E-state index >= 15 is 0 Å². The molecule has 3 nitrogen and oxygen atoms in total. The summed E-state index contributed by atoms with van der Waals surface area (Å²) in [6.07, 6.45) is 17.7. The highest BCUT2D eigenvalue weighted by Crippen LogP contribution is 2.14. The molecule has 0 aliphatic carbocycles. The van der Waals surface area contributed by atoms with E-state index in [0.717, 1.165) is 31.4 Å². The number of rotatable bonds is 15. The number of unbranched alkanes of at least 4 members (excludes halogenated alkanes) is 8. The molecular formula is C22H34O3. The van der Waals surface area contributed by atoms with Crippen molar-refractivity contribution in [1.82, 2.24) is 0 Å². The van der Waals surface area contributed by atoms with Crippen molar-refractivity contribution in [2.45, 2.75) is 77.0 Å². The number of ether oxygens (including phenoxy) is 1. The zero-order valence-corrected chi connectivity index (χ0v) is 15.7. The molecule has 1 rings (SSSR count). The minimum absolute atomic E-state index is 0.323. The third-order valence-electron chi connectivity index (χ3n) is 4.42. The van der Waals surface area contributed by atoms with Crippen LogP contribution in [-0.4, -0.2) is 18.2 Å². The summed E-state index contributed by atoms with van der Waals surface area (Å²) in [5, 5.41) is 8.56. The fourth-order valence-electron chi connectivity index (χ4n) is 2.87. The van der Waals surface area contributed by atoms with Gasteiger partial charge in [0, 0.05) is 6.42 Å². The van der Waals surface area contributed by atoms with Gasteiger partial charge in [0.2, 0.25) is 0 Å². The molecule has 1 aromatic carbocycles. The van der Waals surface area contributed by atoms with Crippen LogP contribution in [0.4, 0.5) is 0 Å². The Morgan fingerprint density at radius 2 is 1.44 bits per heavy atom. The molecule has 3 heteroatoms. The smallest absolute Gasteiger partial charge is 0.303 e. The zero-order valence-electron chi connectivity index (χ0n) is 15.7. The third-order valence-corrected chi connectivity index (χ3v) is 4.42. The van der Waals surface area contributed by atoms with Gasteiger partial charge in [0.1, 0.15) is 5.75 Å². The highest BCUT2D eigenvalue weighted by molar-refractivity contribution is 5.66. The van der Waals surface area contributed by atoms with Crippen molar-refractivity contribution >= 4 is 5.97 Å². The Bertz CT molecular complexity index is 477. The molecular weight excluding hydrogens is 312 g/mol. The lowest BCUT2D eigenvalue weighted by molar-refractivity contribution is -0.137. The Morgan fingerprint density at radius 1 is 0.880 bits per heavy atom. The number of carboxylic acid groups (broad SMARTS) is 1. The highest BCUT2D eigenvalue weighted by atomic mass is 16.5. The SMILES string of the molecule is COc1ccc(CCCC=CCCCCCCCCCC(=O)O)cc1. The van der Waals surface area contributed by atoms with Crippen molar-refractivity contribution < 1.29 is 14.6 Å². The molecule has 140 valence electrons. The first-order valence-corrected chi connectivity index (χ1v) is 9.72. The number of methoxy groups -OCH3 is 1. The van der Waals surface area contributed by atoms with Crippen LogP contribution in [0.1, 0.15) is 76.2 Å². The van der Waals surface area contributed by atoms with Crippen LogP contribution in [0.5, 0.6) is 5.75 Å². The topological polar surface area (TPSA) is 46.5 Å². The molecule has 1 aromatic rings. The number of hydrogen-bond acceptors (Lipinski definition) is 2. The monoisotopic (exact) mass is 346 g/mol. The molecule has 0 aromatic heterocycles. The van der Waals surface area contributed by atoms with Gasteiger partial charge < -0.3 is 9.84 Å². The molecule has 0 heterocycles. The molecule has 0 fully saturated rings. The van der Waals surface area contributed by atoms with Gasteiger partial charge in [-0.05, 0) is 56.2 Å². The van der Waals surface area contributed by atoms with Crippen molar-refractivity contribution in [1.29, 1.82) is 0 Å². The van der Waals surface area contributed by atoms with Crippen LogP contribution < -0.4 is 4.74 Å². The minimum Gasteiger partial charge on any atom is -0.497 e. The Hall–Kier alpha value is -1.77. The molecule has 0 spiro atoms. The van der Waals surface area contributed by atoms with E-state index in [4.69, 9.17) is 9.84 Å². The van der Waals surface area contributed by atoms with Crippen LogP contribution in [0.3, 0.4) is 0 Å². The molecule has 0 bridgehead atoms. The molecule has 25 heavy (non-hydrogen) atoms. The number of carbonyl (C=O) groups is 1. The van der Waals surface area contributed by atoms with E-state index in [0.29, 0.717) is 6.42 Å². The highest BCUT2D eigenvalue weighted by Gasteiger charge is 1.96. The first kappa shape index (κ1) is 21.3. The molecule has 1 N–H and O–H groups in total. The Morgan fingerprint density at radius 3 is 2.04 bits per heavy atom. The van der Waals surface area contributed by atoms with Gasteiger partial charge in [-0.1, -0.05) is 56.4 Å². The Balaban J connectivity index is 1.87. The van der Waals surface area contributed by atoms with Crippen LogP contribution in [0, 0.1) is 0 Å². The fourth-order valence-corrected chi connectivity index (χ4v) is 2.87. The molecule has 0 unspecified atom stereocenters. The second-order valence-corrected chi connectivity index (χ2v) is 6.62. The summed E-state index contributed by atoms with van der Waals surface area (Å²) in [5.74, 6) is 0.250. The van der Waals surface area contributed by atoms with E-state index < -0.39 is 5.97 Å². The van der Waals surface area contributed by atoms with E-state index in [2.05, 4.69) is 24.3 Å². The summed E-state index contributed by atoms with van der Waals surface area (Å²) in [4.78, 5) is 10.4. The van der Waals surface area contributed by atoms with E-state index in [9.17, 15) is 4.79 Å². The van der Waals surface area contributed by atoms with E-state index in [-0.39, 0.29) is 0 Å². The summed E-state index contributed by atoms with van der Waals surface area (Å²) in [7, 11) is 1.70. The van der Waals surface area contributed by atoms with Crippen LogP contribution in [-0.2, 0) is 11.2 Å². The largest absolute Gasteiger partial charge is 0.497 e. The lowest BCUT2D eigenvalue weighted by Gasteiger charge is -2.02. The van der Waals surface area contributed by atoms with Crippen LogP contribution in [0.15, 0.2) is 36.4 Å². The van der Waals surface area contributed by atoms with Gasteiger partial charge in [-0.15, -0.1) is 0 Å². The second kappa shape index (κ2) is 14.6. The predicted octanol–water partition coefficient (Wildman–Crippen LogP) is 6.17. The summed E-state index contributed by atoms with van der Waals surface area (Å²) < 4.78 is 5.17. The average molecular weight is 347 g/mol.